The van der Waals surface area contributed by atoms with Crippen LogP contribution in [0.4, 0.5) is 20.6 Å². The van der Waals surface area contributed by atoms with E-state index in [2.05, 4.69) is 10.1 Å². The summed E-state index contributed by atoms with van der Waals surface area (Å²) in [6.45, 7) is 3.60. The van der Waals surface area contributed by atoms with Crippen LogP contribution in [0.25, 0.3) is 11.1 Å². The summed E-state index contributed by atoms with van der Waals surface area (Å²) in [5, 5.41) is 4.44. The normalized spacial score (nSPS) is 17.8. The van der Waals surface area contributed by atoms with Crippen molar-refractivity contribution in [1.82, 2.24) is 14.8 Å². The second-order valence-corrected chi connectivity index (χ2v) is 8.20. The van der Waals surface area contributed by atoms with Gasteiger partial charge in [0.05, 0.1) is 42.0 Å². The van der Waals surface area contributed by atoms with Crippen molar-refractivity contribution >= 4 is 23.4 Å². The standard InChI is InChI=1S/C23H22FN5O3/c1-14-12-27(23(31)32-20-8-18(24)10-25-11-20)22-7-16(3-6-21(22)29(14)15(2)30)17-9-26-28(13-17)19-4-5-19/h3,6-11,13-14,19H,4-5,12H2,1-2H3/t14-/m0/s1. The molecule has 1 fully saturated rings. The molecule has 1 aliphatic carbocycles. The van der Waals surface area contributed by atoms with E-state index in [1.54, 1.807) is 11.1 Å². The predicted octanol–water partition coefficient (Wildman–Crippen LogP) is 4.18. The Morgan fingerprint density at radius 2 is 1.91 bits per heavy atom. The molecule has 0 unspecified atom stereocenters. The van der Waals surface area contributed by atoms with Gasteiger partial charge in [-0.1, -0.05) is 6.07 Å². The van der Waals surface area contributed by atoms with Crippen LogP contribution in [-0.2, 0) is 4.79 Å². The molecule has 8 nitrogen and oxygen atoms in total. The Morgan fingerprint density at radius 3 is 2.62 bits per heavy atom. The molecule has 2 aromatic heterocycles. The second-order valence-electron chi connectivity index (χ2n) is 8.20. The Hall–Kier alpha value is -3.75. The molecule has 1 aliphatic heterocycles. The van der Waals surface area contributed by atoms with Crippen molar-refractivity contribution in [3.05, 3.63) is 54.9 Å². The van der Waals surface area contributed by atoms with Crippen molar-refractivity contribution in [1.29, 1.82) is 0 Å². The summed E-state index contributed by atoms with van der Waals surface area (Å²) in [5.74, 6) is -0.698. The molecular formula is C23H22FN5O3. The lowest BCUT2D eigenvalue weighted by Gasteiger charge is -2.40. The molecule has 0 saturated heterocycles. The fourth-order valence-corrected chi connectivity index (χ4v) is 4.09. The minimum atomic E-state index is -0.667. The molecule has 0 spiro atoms. The van der Waals surface area contributed by atoms with E-state index < -0.39 is 11.9 Å². The summed E-state index contributed by atoms with van der Waals surface area (Å²) in [6, 6.07) is 6.91. The van der Waals surface area contributed by atoms with Crippen molar-refractivity contribution in [2.75, 3.05) is 16.3 Å². The van der Waals surface area contributed by atoms with E-state index in [4.69, 9.17) is 4.74 Å². The van der Waals surface area contributed by atoms with E-state index in [9.17, 15) is 14.0 Å². The summed E-state index contributed by atoms with van der Waals surface area (Å²) in [4.78, 5) is 32.2. The zero-order valence-electron chi connectivity index (χ0n) is 17.7. The van der Waals surface area contributed by atoms with E-state index in [0.717, 1.165) is 36.2 Å². The first-order chi connectivity index (χ1) is 15.4. The van der Waals surface area contributed by atoms with Crippen molar-refractivity contribution in [2.45, 2.75) is 38.8 Å². The molecule has 9 heteroatoms. The van der Waals surface area contributed by atoms with Crippen LogP contribution in [0.15, 0.2) is 49.1 Å². The molecule has 1 aromatic carbocycles. The Kier molecular flexibility index (Phi) is 4.88. The first kappa shape index (κ1) is 20.2. The molecule has 3 heterocycles. The van der Waals surface area contributed by atoms with Gasteiger partial charge in [0.25, 0.3) is 0 Å². The van der Waals surface area contributed by atoms with Gasteiger partial charge in [-0.15, -0.1) is 0 Å². The van der Waals surface area contributed by atoms with Gasteiger partial charge in [0.2, 0.25) is 5.91 Å². The van der Waals surface area contributed by atoms with Crippen molar-refractivity contribution in [3.63, 3.8) is 0 Å². The zero-order valence-corrected chi connectivity index (χ0v) is 17.7. The molecule has 2 amide bonds. The van der Waals surface area contributed by atoms with Gasteiger partial charge in [-0.3, -0.25) is 19.4 Å². The maximum absolute atomic E-state index is 13.5. The lowest BCUT2D eigenvalue weighted by Crippen LogP contribution is -2.52. The van der Waals surface area contributed by atoms with Crippen molar-refractivity contribution in [2.24, 2.45) is 0 Å². The molecule has 2 aliphatic rings. The van der Waals surface area contributed by atoms with Crippen molar-refractivity contribution in [3.8, 4) is 16.9 Å². The molecule has 164 valence electrons. The van der Waals surface area contributed by atoms with Gasteiger partial charge in [-0.05, 0) is 37.5 Å². The zero-order chi connectivity index (χ0) is 22.4. The largest absolute Gasteiger partial charge is 0.419 e. The number of halogens is 1. The Morgan fingerprint density at radius 1 is 1.09 bits per heavy atom. The lowest BCUT2D eigenvalue weighted by molar-refractivity contribution is -0.117. The van der Waals surface area contributed by atoms with Gasteiger partial charge in [0, 0.05) is 31.3 Å². The number of aromatic nitrogens is 3. The van der Waals surface area contributed by atoms with Crippen molar-refractivity contribution < 1.29 is 18.7 Å². The summed E-state index contributed by atoms with van der Waals surface area (Å²) < 4.78 is 20.8. The minimum absolute atomic E-state index is 0.0139. The Labute approximate surface area is 184 Å². The third kappa shape index (κ3) is 3.70. The predicted molar refractivity (Wildman–Crippen MR) is 116 cm³/mol. The molecular weight excluding hydrogens is 413 g/mol. The fourth-order valence-electron chi connectivity index (χ4n) is 4.09. The third-order valence-corrected chi connectivity index (χ3v) is 5.71. The number of rotatable bonds is 3. The van der Waals surface area contributed by atoms with E-state index in [1.807, 2.05) is 36.0 Å². The van der Waals surface area contributed by atoms with E-state index in [-0.39, 0.29) is 24.2 Å². The van der Waals surface area contributed by atoms with Crippen LogP contribution in [0, 0.1) is 5.82 Å². The van der Waals surface area contributed by atoms with Crippen LogP contribution >= 0.6 is 0 Å². The maximum Gasteiger partial charge on any atom is 0.419 e. The van der Waals surface area contributed by atoms with Crippen LogP contribution in [0.5, 0.6) is 5.75 Å². The third-order valence-electron chi connectivity index (χ3n) is 5.71. The van der Waals surface area contributed by atoms with Gasteiger partial charge in [-0.2, -0.15) is 5.10 Å². The summed E-state index contributed by atoms with van der Waals surface area (Å²) in [5.41, 5.74) is 2.96. The number of anilines is 2. The van der Waals surface area contributed by atoms with Crippen LogP contribution in [0.1, 0.15) is 32.7 Å². The Bertz CT molecular complexity index is 1210. The van der Waals surface area contributed by atoms with E-state index in [1.165, 1.54) is 18.0 Å². The second kappa shape index (κ2) is 7.74. The van der Waals surface area contributed by atoms with Gasteiger partial charge >= 0.3 is 6.09 Å². The fraction of sp³-hybridized carbons (Fsp3) is 0.304. The van der Waals surface area contributed by atoms with E-state index >= 15 is 0 Å². The number of pyridine rings is 1. The molecule has 0 bridgehead atoms. The van der Waals surface area contributed by atoms with Gasteiger partial charge in [0.15, 0.2) is 5.75 Å². The highest BCUT2D eigenvalue weighted by molar-refractivity contribution is 6.03. The first-order valence-corrected chi connectivity index (χ1v) is 10.5. The lowest BCUT2D eigenvalue weighted by atomic mass is 10.0. The number of hydrogen-bond acceptors (Lipinski definition) is 5. The van der Waals surface area contributed by atoms with Crippen LogP contribution in [-0.4, -0.2) is 39.4 Å². The highest BCUT2D eigenvalue weighted by atomic mass is 19.1. The highest BCUT2D eigenvalue weighted by Crippen LogP contribution is 2.40. The molecule has 3 aromatic rings. The average molecular weight is 435 g/mol. The molecule has 1 atom stereocenters. The number of nitrogens with zero attached hydrogens (tertiary/aromatic N) is 5. The summed E-state index contributed by atoms with van der Waals surface area (Å²) >= 11 is 0. The van der Waals surface area contributed by atoms with Gasteiger partial charge in [0.1, 0.15) is 5.82 Å². The Balaban J connectivity index is 1.52. The number of amides is 2. The summed E-state index contributed by atoms with van der Waals surface area (Å²) in [6.07, 6.45) is 7.70. The summed E-state index contributed by atoms with van der Waals surface area (Å²) in [7, 11) is 0. The topological polar surface area (TPSA) is 80.6 Å². The maximum atomic E-state index is 13.5. The number of carbonyl (C=O) groups is 2. The minimum Gasteiger partial charge on any atom is -0.408 e. The monoisotopic (exact) mass is 435 g/mol. The number of hydrogen-bond donors (Lipinski definition) is 0. The van der Waals surface area contributed by atoms with Crippen LogP contribution in [0.2, 0.25) is 0 Å². The molecule has 5 rings (SSSR count). The quantitative estimate of drug-likeness (QED) is 0.617. The molecule has 0 N–H and O–H groups in total. The molecule has 0 radical (unpaired) electrons. The highest BCUT2D eigenvalue weighted by Gasteiger charge is 2.35. The van der Waals surface area contributed by atoms with Gasteiger partial charge < -0.3 is 9.64 Å². The van der Waals surface area contributed by atoms with Crippen LogP contribution in [0.3, 0.4) is 0 Å². The SMILES string of the molecule is CC(=O)N1c2ccc(-c3cnn(C4CC4)c3)cc2N(C(=O)Oc2cncc(F)c2)C[C@@H]1C. The smallest absolute Gasteiger partial charge is 0.408 e. The number of carbonyl (C=O) groups excluding carboxylic acids is 2. The average Bonchev–Trinajstić information content (AvgIpc) is 3.49. The number of benzene rings is 1. The van der Waals surface area contributed by atoms with E-state index in [0.29, 0.717) is 17.4 Å². The molecule has 1 saturated carbocycles. The first-order valence-electron chi connectivity index (χ1n) is 10.5. The van der Waals surface area contributed by atoms with Crippen LogP contribution < -0.4 is 14.5 Å². The number of ether oxygens (including phenoxy) is 1. The number of fused-ring (bicyclic) bond motifs is 1. The molecule has 32 heavy (non-hydrogen) atoms. The van der Waals surface area contributed by atoms with Gasteiger partial charge in [-0.25, -0.2) is 9.18 Å².